The van der Waals surface area contributed by atoms with Gasteiger partial charge in [-0.2, -0.15) is 9.97 Å². The second kappa shape index (κ2) is 6.27. The molecule has 7 heteroatoms. The Morgan fingerprint density at radius 3 is 2.58 bits per heavy atom. The van der Waals surface area contributed by atoms with Gasteiger partial charge in [0.2, 0.25) is 5.82 Å². The third kappa shape index (κ3) is 2.92. The van der Waals surface area contributed by atoms with Crippen molar-refractivity contribution in [1.82, 2.24) is 20.1 Å². The highest BCUT2D eigenvalue weighted by molar-refractivity contribution is 5.45. The monoisotopic (exact) mass is 326 g/mol. The highest BCUT2D eigenvalue weighted by Gasteiger charge is 2.29. The molecule has 0 aliphatic carbocycles. The highest BCUT2D eigenvalue weighted by Crippen LogP contribution is 2.31. The Bertz CT molecular complexity index is 831. The Morgan fingerprint density at radius 2 is 1.92 bits per heavy atom. The van der Waals surface area contributed by atoms with Gasteiger partial charge in [-0.1, -0.05) is 35.5 Å². The van der Waals surface area contributed by atoms with Crippen LogP contribution in [0.2, 0.25) is 0 Å². The molecule has 124 valence electrons. The van der Waals surface area contributed by atoms with Gasteiger partial charge in [-0.15, -0.1) is 0 Å². The number of nitrogens with zero attached hydrogens (tertiary/aromatic N) is 4. The van der Waals surface area contributed by atoms with Crippen molar-refractivity contribution >= 4 is 0 Å². The summed E-state index contributed by atoms with van der Waals surface area (Å²) >= 11 is 0. The third-order valence-corrected chi connectivity index (χ3v) is 3.71. The quantitative estimate of drug-likeness (QED) is 0.770. The molecular weight excluding hydrogens is 308 g/mol. The summed E-state index contributed by atoms with van der Waals surface area (Å²) in [5, 5.41) is 13.9. The number of benzene rings is 1. The molecule has 0 spiro atoms. The molecule has 0 radical (unpaired) electrons. The van der Waals surface area contributed by atoms with E-state index < -0.39 is 5.41 Å². The van der Waals surface area contributed by atoms with Crippen molar-refractivity contribution in [3.8, 4) is 23.3 Å². The maximum Gasteiger partial charge on any atom is 0.295 e. The summed E-state index contributed by atoms with van der Waals surface area (Å²) in [6.45, 7) is 6.23. The molecule has 2 heterocycles. The van der Waals surface area contributed by atoms with Crippen molar-refractivity contribution in [2.75, 3.05) is 6.61 Å². The van der Waals surface area contributed by atoms with Gasteiger partial charge >= 0.3 is 0 Å². The first-order valence-electron chi connectivity index (χ1n) is 7.61. The Morgan fingerprint density at radius 1 is 1.17 bits per heavy atom. The normalized spacial score (nSPS) is 11.5. The molecule has 0 saturated carbocycles. The summed E-state index contributed by atoms with van der Waals surface area (Å²) in [5.74, 6) is 0.765. The van der Waals surface area contributed by atoms with Crippen molar-refractivity contribution in [1.29, 1.82) is 0 Å². The lowest BCUT2D eigenvalue weighted by Crippen LogP contribution is -2.20. The summed E-state index contributed by atoms with van der Waals surface area (Å²) in [5.41, 5.74) is 0.629. The fraction of sp³-hybridized carbons (Fsp3) is 0.294. The van der Waals surface area contributed by atoms with Gasteiger partial charge in [-0.05, 0) is 26.3 Å². The van der Waals surface area contributed by atoms with E-state index in [0.29, 0.717) is 12.4 Å². The minimum Gasteiger partial charge on any atom is -0.491 e. The van der Waals surface area contributed by atoms with Crippen LogP contribution in [0.25, 0.3) is 11.7 Å². The zero-order valence-corrected chi connectivity index (χ0v) is 13.7. The van der Waals surface area contributed by atoms with Crippen LogP contribution in [-0.4, -0.2) is 31.8 Å². The van der Waals surface area contributed by atoms with Crippen LogP contribution >= 0.6 is 0 Å². The topological polar surface area (TPSA) is 94.2 Å². The van der Waals surface area contributed by atoms with E-state index in [-0.39, 0.29) is 23.3 Å². The summed E-state index contributed by atoms with van der Waals surface area (Å²) in [4.78, 5) is 12.4. The number of aromatic hydroxyl groups is 1. The number of hydrogen-bond acceptors (Lipinski definition) is 7. The first-order chi connectivity index (χ1) is 11.5. The maximum atomic E-state index is 9.86. The molecule has 0 aliphatic rings. The molecule has 0 amide bonds. The summed E-state index contributed by atoms with van der Waals surface area (Å²) < 4.78 is 10.5. The van der Waals surface area contributed by atoms with Crippen molar-refractivity contribution in [3.63, 3.8) is 0 Å². The van der Waals surface area contributed by atoms with E-state index in [1.165, 1.54) is 6.20 Å². The average molecular weight is 326 g/mol. The zero-order chi connectivity index (χ0) is 17.2. The van der Waals surface area contributed by atoms with Crippen molar-refractivity contribution in [2.45, 2.75) is 26.2 Å². The zero-order valence-electron chi connectivity index (χ0n) is 13.7. The first kappa shape index (κ1) is 15.9. The highest BCUT2D eigenvalue weighted by atomic mass is 16.5. The van der Waals surface area contributed by atoms with Crippen LogP contribution in [0.1, 0.15) is 32.2 Å². The minimum absolute atomic E-state index is 0.146. The molecule has 1 N–H and O–H groups in total. The molecule has 0 saturated heterocycles. The van der Waals surface area contributed by atoms with Gasteiger partial charge in [-0.25, -0.2) is 4.98 Å². The molecule has 7 nitrogen and oxygen atoms in total. The summed E-state index contributed by atoms with van der Waals surface area (Å²) in [6.07, 6.45) is 1.38. The van der Waals surface area contributed by atoms with Crippen LogP contribution in [0, 0.1) is 0 Å². The first-order valence-corrected chi connectivity index (χ1v) is 7.61. The molecular formula is C17H18N4O3. The van der Waals surface area contributed by atoms with Crippen LogP contribution in [0.5, 0.6) is 11.6 Å². The molecule has 3 rings (SSSR count). The van der Waals surface area contributed by atoms with Crippen LogP contribution in [0.3, 0.4) is 0 Å². The van der Waals surface area contributed by atoms with E-state index in [4.69, 9.17) is 9.26 Å². The average Bonchev–Trinajstić information content (AvgIpc) is 3.08. The smallest absolute Gasteiger partial charge is 0.295 e. The molecule has 2 aromatic heterocycles. The standard InChI is InChI=1S/C17H18N4O3/c1-4-23-12-10-18-13(19-14(12)22)15-20-16(21-24-15)17(2,3)11-8-6-5-7-9-11/h5-10H,4H2,1-3H3,(H,18,19,22). The van der Waals surface area contributed by atoms with Gasteiger partial charge in [0.05, 0.1) is 18.2 Å². The van der Waals surface area contributed by atoms with E-state index in [1.54, 1.807) is 0 Å². The van der Waals surface area contributed by atoms with Crippen LogP contribution < -0.4 is 4.74 Å². The van der Waals surface area contributed by atoms with E-state index >= 15 is 0 Å². The Balaban J connectivity index is 1.92. The lowest BCUT2D eigenvalue weighted by atomic mass is 9.84. The lowest BCUT2D eigenvalue weighted by Gasteiger charge is -2.20. The Hall–Kier alpha value is -2.96. The van der Waals surface area contributed by atoms with Gasteiger partial charge in [0, 0.05) is 0 Å². The molecule has 24 heavy (non-hydrogen) atoms. The molecule has 0 aliphatic heterocycles. The molecule has 1 aromatic carbocycles. The largest absolute Gasteiger partial charge is 0.491 e. The Labute approximate surface area is 139 Å². The molecule has 0 unspecified atom stereocenters. The van der Waals surface area contributed by atoms with Crippen molar-refractivity contribution < 1.29 is 14.4 Å². The second-order valence-corrected chi connectivity index (χ2v) is 5.73. The predicted molar refractivity (Wildman–Crippen MR) is 86.7 cm³/mol. The molecule has 0 bridgehead atoms. The number of hydrogen-bond donors (Lipinski definition) is 1. The number of aromatic nitrogens is 4. The molecule has 0 atom stereocenters. The fourth-order valence-electron chi connectivity index (χ4n) is 2.27. The van der Waals surface area contributed by atoms with Gasteiger partial charge in [0.1, 0.15) is 0 Å². The van der Waals surface area contributed by atoms with Crippen LogP contribution in [0.4, 0.5) is 0 Å². The maximum absolute atomic E-state index is 9.86. The van der Waals surface area contributed by atoms with E-state index in [2.05, 4.69) is 20.1 Å². The Kier molecular flexibility index (Phi) is 4.16. The van der Waals surface area contributed by atoms with E-state index in [1.807, 2.05) is 51.1 Å². The number of rotatable bonds is 5. The predicted octanol–water partition coefficient (Wildman–Crippen LogP) is 2.96. The minimum atomic E-state index is -0.434. The SMILES string of the molecule is CCOc1cnc(-c2nc(C(C)(C)c3ccccc3)no2)nc1O. The number of ether oxygens (including phenoxy) is 1. The molecule has 0 fully saturated rings. The molecule has 3 aromatic rings. The third-order valence-electron chi connectivity index (χ3n) is 3.71. The van der Waals surface area contributed by atoms with E-state index in [0.717, 1.165) is 5.56 Å². The van der Waals surface area contributed by atoms with Gasteiger partial charge in [0.25, 0.3) is 11.8 Å². The summed E-state index contributed by atoms with van der Waals surface area (Å²) in [7, 11) is 0. The van der Waals surface area contributed by atoms with Crippen molar-refractivity contribution in [3.05, 3.63) is 47.9 Å². The van der Waals surface area contributed by atoms with Crippen LogP contribution in [-0.2, 0) is 5.41 Å². The summed E-state index contributed by atoms with van der Waals surface area (Å²) in [6, 6.07) is 9.90. The fourth-order valence-corrected chi connectivity index (χ4v) is 2.27. The lowest BCUT2D eigenvalue weighted by molar-refractivity contribution is 0.310. The van der Waals surface area contributed by atoms with Gasteiger partial charge in [0.15, 0.2) is 11.6 Å². The van der Waals surface area contributed by atoms with Crippen molar-refractivity contribution in [2.24, 2.45) is 0 Å². The van der Waals surface area contributed by atoms with Gasteiger partial charge < -0.3 is 14.4 Å². The van der Waals surface area contributed by atoms with Gasteiger partial charge in [-0.3, -0.25) is 0 Å². The second-order valence-electron chi connectivity index (χ2n) is 5.73. The van der Waals surface area contributed by atoms with E-state index in [9.17, 15) is 5.11 Å². The van der Waals surface area contributed by atoms with Crippen LogP contribution in [0.15, 0.2) is 41.1 Å².